The zero-order chi connectivity index (χ0) is 24.9. The second-order valence-corrected chi connectivity index (χ2v) is 9.91. The molecule has 1 atom stereocenters. The molecular formula is C26H27N3O5S. The SMILES string of the molecule is CC(C)C[C@@H](NC(=O)OCC1c2ccccc2-c2ccccc21)C(=O)NCc1ncc(C(=O)O)s1. The molecule has 1 aliphatic carbocycles. The summed E-state index contributed by atoms with van der Waals surface area (Å²) < 4.78 is 5.59. The van der Waals surface area contributed by atoms with Crippen LogP contribution in [0.15, 0.2) is 54.7 Å². The van der Waals surface area contributed by atoms with Gasteiger partial charge in [-0.2, -0.15) is 0 Å². The van der Waals surface area contributed by atoms with Crippen molar-refractivity contribution in [3.8, 4) is 11.1 Å². The van der Waals surface area contributed by atoms with E-state index in [0.29, 0.717) is 11.4 Å². The van der Waals surface area contributed by atoms with Gasteiger partial charge in [0.25, 0.3) is 0 Å². The van der Waals surface area contributed by atoms with Crippen LogP contribution in [-0.4, -0.2) is 40.7 Å². The largest absolute Gasteiger partial charge is 0.477 e. The first kappa shape index (κ1) is 24.4. The van der Waals surface area contributed by atoms with Gasteiger partial charge in [-0.1, -0.05) is 62.4 Å². The molecule has 2 amide bonds. The molecule has 35 heavy (non-hydrogen) atoms. The average Bonchev–Trinajstić information content (AvgIpc) is 3.44. The highest BCUT2D eigenvalue weighted by Gasteiger charge is 2.30. The quantitative estimate of drug-likeness (QED) is 0.406. The maximum atomic E-state index is 12.8. The van der Waals surface area contributed by atoms with Gasteiger partial charge in [0.05, 0.1) is 12.7 Å². The Hall–Kier alpha value is -3.72. The molecule has 0 fully saturated rings. The summed E-state index contributed by atoms with van der Waals surface area (Å²) in [4.78, 5) is 40.6. The number of thiazole rings is 1. The molecule has 2 aromatic carbocycles. The predicted octanol–water partition coefficient (Wildman–Crippen LogP) is 4.41. The Bertz CT molecular complexity index is 1190. The molecule has 0 aliphatic heterocycles. The fraction of sp³-hybridized carbons (Fsp3) is 0.308. The first-order valence-corrected chi connectivity index (χ1v) is 12.2. The molecule has 0 saturated carbocycles. The number of ether oxygens (including phenoxy) is 1. The lowest BCUT2D eigenvalue weighted by molar-refractivity contribution is -0.123. The van der Waals surface area contributed by atoms with Crippen LogP contribution in [0.3, 0.4) is 0 Å². The molecule has 0 unspecified atom stereocenters. The minimum Gasteiger partial charge on any atom is -0.477 e. The number of fused-ring (bicyclic) bond motifs is 3. The maximum Gasteiger partial charge on any atom is 0.407 e. The predicted molar refractivity (Wildman–Crippen MR) is 132 cm³/mol. The van der Waals surface area contributed by atoms with Crippen LogP contribution in [0, 0.1) is 5.92 Å². The number of carboxylic acid groups (broad SMARTS) is 1. The molecule has 9 heteroatoms. The summed E-state index contributed by atoms with van der Waals surface area (Å²) in [6.45, 7) is 4.16. The van der Waals surface area contributed by atoms with Crippen LogP contribution in [-0.2, 0) is 16.1 Å². The molecule has 4 rings (SSSR count). The zero-order valence-electron chi connectivity index (χ0n) is 19.5. The van der Waals surface area contributed by atoms with E-state index in [-0.39, 0.29) is 35.8 Å². The molecule has 3 N–H and O–H groups in total. The van der Waals surface area contributed by atoms with Gasteiger partial charge in [-0.15, -0.1) is 11.3 Å². The number of hydrogen-bond acceptors (Lipinski definition) is 6. The van der Waals surface area contributed by atoms with Gasteiger partial charge in [0.15, 0.2) is 0 Å². The number of carboxylic acids is 1. The van der Waals surface area contributed by atoms with E-state index in [0.717, 1.165) is 33.6 Å². The highest BCUT2D eigenvalue weighted by atomic mass is 32.1. The van der Waals surface area contributed by atoms with Gasteiger partial charge in [-0.05, 0) is 34.6 Å². The fourth-order valence-electron chi connectivity index (χ4n) is 4.26. The van der Waals surface area contributed by atoms with E-state index >= 15 is 0 Å². The maximum absolute atomic E-state index is 12.8. The van der Waals surface area contributed by atoms with Crippen LogP contribution < -0.4 is 10.6 Å². The second-order valence-electron chi connectivity index (χ2n) is 8.79. The number of alkyl carbamates (subject to hydrolysis) is 1. The van der Waals surface area contributed by atoms with Crippen molar-refractivity contribution in [2.45, 2.75) is 38.8 Å². The lowest BCUT2D eigenvalue weighted by Gasteiger charge is -2.21. The molecule has 182 valence electrons. The summed E-state index contributed by atoms with van der Waals surface area (Å²) in [5, 5.41) is 14.9. The van der Waals surface area contributed by atoms with Crippen LogP contribution in [0.2, 0.25) is 0 Å². The Morgan fingerprint density at radius 2 is 1.69 bits per heavy atom. The smallest absolute Gasteiger partial charge is 0.407 e. The summed E-state index contributed by atoms with van der Waals surface area (Å²) in [5.74, 6) is -1.36. The summed E-state index contributed by atoms with van der Waals surface area (Å²) in [6.07, 6.45) is 1.03. The Morgan fingerprint density at radius 1 is 1.06 bits per heavy atom. The first-order valence-electron chi connectivity index (χ1n) is 11.4. The summed E-state index contributed by atoms with van der Waals surface area (Å²) >= 11 is 0.996. The molecule has 0 radical (unpaired) electrons. The van der Waals surface area contributed by atoms with Crippen molar-refractivity contribution in [3.05, 3.63) is 75.7 Å². The Kier molecular flexibility index (Phi) is 7.45. The first-order chi connectivity index (χ1) is 16.8. The van der Waals surface area contributed by atoms with Crippen molar-refractivity contribution < 1.29 is 24.2 Å². The van der Waals surface area contributed by atoms with Crippen LogP contribution >= 0.6 is 11.3 Å². The number of aromatic carboxylic acids is 1. The molecule has 0 spiro atoms. The third-order valence-corrected chi connectivity index (χ3v) is 6.82. The molecule has 0 saturated heterocycles. The van der Waals surface area contributed by atoms with Gasteiger partial charge in [0, 0.05) is 5.92 Å². The minimum absolute atomic E-state index is 0.0705. The summed E-state index contributed by atoms with van der Waals surface area (Å²) in [7, 11) is 0. The topological polar surface area (TPSA) is 118 Å². The highest BCUT2D eigenvalue weighted by molar-refractivity contribution is 7.13. The van der Waals surface area contributed by atoms with Crippen molar-refractivity contribution in [3.63, 3.8) is 0 Å². The number of nitrogens with one attached hydrogen (secondary N) is 2. The number of carbonyl (C=O) groups is 3. The van der Waals surface area contributed by atoms with Gasteiger partial charge in [0.2, 0.25) is 5.91 Å². The van der Waals surface area contributed by atoms with E-state index < -0.39 is 18.1 Å². The normalized spacial score (nSPS) is 13.1. The molecule has 8 nitrogen and oxygen atoms in total. The third kappa shape index (κ3) is 5.68. The Labute approximate surface area is 207 Å². The number of nitrogens with zero attached hydrogens (tertiary/aromatic N) is 1. The van der Waals surface area contributed by atoms with E-state index in [2.05, 4.69) is 27.8 Å². The minimum atomic E-state index is -1.06. The van der Waals surface area contributed by atoms with Crippen LogP contribution in [0.25, 0.3) is 11.1 Å². The van der Waals surface area contributed by atoms with Crippen LogP contribution in [0.5, 0.6) is 0 Å². The number of aromatic nitrogens is 1. The Morgan fingerprint density at radius 3 is 2.26 bits per heavy atom. The van der Waals surface area contributed by atoms with Crippen molar-refractivity contribution in [2.24, 2.45) is 5.92 Å². The lowest BCUT2D eigenvalue weighted by atomic mass is 9.98. The molecule has 0 bridgehead atoms. The summed E-state index contributed by atoms with van der Waals surface area (Å²) in [6, 6.07) is 15.4. The number of hydrogen-bond donors (Lipinski definition) is 3. The van der Waals surface area contributed by atoms with E-state index in [1.807, 2.05) is 50.2 Å². The standard InChI is InChI=1S/C26H27N3O5S/c1-15(2)11-21(24(30)28-13-23-27-12-22(35-23)25(31)32)29-26(33)34-14-20-18-9-5-3-7-16(18)17-8-4-6-10-19(17)20/h3-10,12,15,20-21H,11,13-14H2,1-2H3,(H,28,30)(H,29,33)(H,31,32)/t21-/m1/s1. The molecule has 3 aromatic rings. The number of rotatable bonds is 9. The summed E-state index contributed by atoms with van der Waals surface area (Å²) in [5.41, 5.74) is 4.51. The van der Waals surface area contributed by atoms with Crippen molar-refractivity contribution in [1.82, 2.24) is 15.6 Å². The van der Waals surface area contributed by atoms with Gasteiger partial charge in [-0.3, -0.25) is 4.79 Å². The highest BCUT2D eigenvalue weighted by Crippen LogP contribution is 2.44. The number of carbonyl (C=O) groups excluding carboxylic acids is 2. The number of benzene rings is 2. The molecule has 1 aliphatic rings. The molecular weight excluding hydrogens is 466 g/mol. The van der Waals surface area contributed by atoms with Gasteiger partial charge < -0.3 is 20.5 Å². The zero-order valence-corrected chi connectivity index (χ0v) is 20.3. The lowest BCUT2D eigenvalue weighted by Crippen LogP contribution is -2.47. The van der Waals surface area contributed by atoms with E-state index in [1.165, 1.54) is 6.20 Å². The van der Waals surface area contributed by atoms with Crippen molar-refractivity contribution in [2.75, 3.05) is 6.61 Å². The third-order valence-electron chi connectivity index (χ3n) is 5.84. The van der Waals surface area contributed by atoms with Crippen LogP contribution in [0.4, 0.5) is 4.79 Å². The average molecular weight is 494 g/mol. The number of amides is 2. The van der Waals surface area contributed by atoms with Crippen molar-refractivity contribution in [1.29, 1.82) is 0 Å². The molecule has 1 heterocycles. The van der Waals surface area contributed by atoms with Gasteiger partial charge in [-0.25, -0.2) is 14.6 Å². The van der Waals surface area contributed by atoms with Gasteiger partial charge >= 0.3 is 12.1 Å². The van der Waals surface area contributed by atoms with E-state index in [9.17, 15) is 14.4 Å². The Balaban J connectivity index is 1.37. The van der Waals surface area contributed by atoms with Gasteiger partial charge in [0.1, 0.15) is 22.5 Å². The fourth-order valence-corrected chi connectivity index (χ4v) is 4.96. The van der Waals surface area contributed by atoms with E-state index in [4.69, 9.17) is 9.84 Å². The van der Waals surface area contributed by atoms with Crippen LogP contribution in [0.1, 0.15) is 52.0 Å². The molecule has 1 aromatic heterocycles. The second kappa shape index (κ2) is 10.7. The monoisotopic (exact) mass is 493 g/mol. The van der Waals surface area contributed by atoms with E-state index in [1.54, 1.807) is 0 Å². The van der Waals surface area contributed by atoms with Crippen molar-refractivity contribution >= 4 is 29.3 Å².